The smallest absolute Gasteiger partial charge is 0.130 e. The van der Waals surface area contributed by atoms with Crippen LogP contribution in [0, 0.1) is 6.92 Å². The maximum atomic E-state index is 9.14. The van der Waals surface area contributed by atoms with Gasteiger partial charge >= 0.3 is 0 Å². The van der Waals surface area contributed by atoms with E-state index in [1.807, 2.05) is 49.4 Å². The molecular weight excluding hydrogens is 328 g/mol. The van der Waals surface area contributed by atoms with E-state index in [-0.39, 0.29) is 6.61 Å². The normalized spacial score (nSPS) is 10.8. The van der Waals surface area contributed by atoms with E-state index in [1.54, 1.807) is 0 Å². The van der Waals surface area contributed by atoms with Crippen molar-refractivity contribution in [2.75, 3.05) is 0 Å². The zero-order valence-corrected chi connectivity index (χ0v) is 13.2. The van der Waals surface area contributed by atoms with E-state index in [0.717, 1.165) is 32.5 Å². The molecule has 0 saturated carbocycles. The Labute approximate surface area is 132 Å². The number of hydrogen-bond acceptors (Lipinski definition) is 2. The highest BCUT2D eigenvalue weighted by Gasteiger charge is 2.04. The van der Waals surface area contributed by atoms with Crippen LogP contribution >= 0.6 is 15.9 Å². The molecule has 3 heteroatoms. The largest absolute Gasteiger partial charge is 0.457 e. The monoisotopic (exact) mass is 342 g/mol. The second-order valence-corrected chi connectivity index (χ2v) is 5.93. The molecule has 0 aliphatic carbocycles. The van der Waals surface area contributed by atoms with Crippen LogP contribution in [-0.2, 0) is 6.61 Å². The maximum absolute atomic E-state index is 9.14. The number of fused-ring (bicyclic) bond motifs is 1. The molecule has 0 fully saturated rings. The molecule has 0 aromatic heterocycles. The molecular formula is C18H15BrO2. The van der Waals surface area contributed by atoms with Gasteiger partial charge in [0, 0.05) is 4.47 Å². The molecule has 21 heavy (non-hydrogen) atoms. The summed E-state index contributed by atoms with van der Waals surface area (Å²) in [5, 5.41) is 11.4. The highest BCUT2D eigenvalue weighted by molar-refractivity contribution is 9.10. The first kappa shape index (κ1) is 14.1. The predicted octanol–water partition coefficient (Wildman–Crippen LogP) is 5.20. The molecule has 0 unspecified atom stereocenters. The fourth-order valence-electron chi connectivity index (χ4n) is 2.31. The van der Waals surface area contributed by atoms with Crippen molar-refractivity contribution in [1.82, 2.24) is 0 Å². The Morgan fingerprint density at radius 3 is 2.48 bits per heavy atom. The van der Waals surface area contributed by atoms with E-state index in [0.29, 0.717) is 0 Å². The lowest BCUT2D eigenvalue weighted by atomic mass is 10.1. The number of aliphatic hydroxyl groups is 1. The van der Waals surface area contributed by atoms with Gasteiger partial charge in [-0.05, 0) is 59.2 Å². The minimum Gasteiger partial charge on any atom is -0.457 e. The Hall–Kier alpha value is -1.84. The van der Waals surface area contributed by atoms with Gasteiger partial charge in [0.05, 0.1) is 6.61 Å². The maximum Gasteiger partial charge on any atom is 0.130 e. The zero-order chi connectivity index (χ0) is 14.8. The zero-order valence-electron chi connectivity index (χ0n) is 11.6. The second-order valence-electron chi connectivity index (χ2n) is 5.01. The molecule has 0 atom stereocenters. The third kappa shape index (κ3) is 3.09. The molecule has 106 valence electrons. The highest BCUT2D eigenvalue weighted by Crippen LogP contribution is 2.29. The summed E-state index contributed by atoms with van der Waals surface area (Å²) in [6.07, 6.45) is 0. The van der Waals surface area contributed by atoms with Gasteiger partial charge in [0.1, 0.15) is 11.5 Å². The van der Waals surface area contributed by atoms with Crippen molar-refractivity contribution in [3.8, 4) is 11.5 Å². The molecule has 3 aromatic carbocycles. The Morgan fingerprint density at radius 2 is 1.71 bits per heavy atom. The first-order valence-electron chi connectivity index (χ1n) is 6.73. The van der Waals surface area contributed by atoms with Gasteiger partial charge < -0.3 is 9.84 Å². The lowest BCUT2D eigenvalue weighted by Crippen LogP contribution is -1.90. The molecule has 0 heterocycles. The number of rotatable bonds is 3. The van der Waals surface area contributed by atoms with Crippen LogP contribution in [0.3, 0.4) is 0 Å². The quantitative estimate of drug-likeness (QED) is 0.709. The van der Waals surface area contributed by atoms with E-state index in [9.17, 15) is 0 Å². The minimum absolute atomic E-state index is 0.0476. The van der Waals surface area contributed by atoms with Crippen LogP contribution in [0.2, 0.25) is 0 Å². The lowest BCUT2D eigenvalue weighted by molar-refractivity contribution is 0.281. The Kier molecular flexibility index (Phi) is 3.95. The average molecular weight is 343 g/mol. The van der Waals surface area contributed by atoms with Crippen molar-refractivity contribution < 1.29 is 9.84 Å². The summed E-state index contributed by atoms with van der Waals surface area (Å²) in [4.78, 5) is 0. The van der Waals surface area contributed by atoms with Crippen LogP contribution in [0.25, 0.3) is 10.8 Å². The van der Waals surface area contributed by atoms with Crippen molar-refractivity contribution in [1.29, 1.82) is 0 Å². The van der Waals surface area contributed by atoms with Crippen LogP contribution in [-0.4, -0.2) is 5.11 Å². The van der Waals surface area contributed by atoms with Gasteiger partial charge in [0.15, 0.2) is 0 Å². The Bertz CT molecular complexity index is 796. The molecule has 0 bridgehead atoms. The molecule has 0 radical (unpaired) electrons. The first-order chi connectivity index (χ1) is 10.2. The summed E-state index contributed by atoms with van der Waals surface area (Å²) in [6, 6.07) is 17.9. The van der Waals surface area contributed by atoms with Gasteiger partial charge in [-0.2, -0.15) is 0 Å². The summed E-state index contributed by atoms with van der Waals surface area (Å²) in [6.45, 7) is 2.03. The van der Waals surface area contributed by atoms with Crippen LogP contribution < -0.4 is 4.74 Å². The Morgan fingerprint density at radius 1 is 0.952 bits per heavy atom. The van der Waals surface area contributed by atoms with Crippen molar-refractivity contribution in [2.45, 2.75) is 13.5 Å². The predicted molar refractivity (Wildman–Crippen MR) is 88.8 cm³/mol. The molecule has 0 aliphatic rings. The van der Waals surface area contributed by atoms with E-state index in [2.05, 4.69) is 28.1 Å². The number of benzene rings is 3. The number of ether oxygens (including phenoxy) is 1. The second kappa shape index (κ2) is 5.88. The van der Waals surface area contributed by atoms with Gasteiger partial charge in [-0.1, -0.05) is 40.2 Å². The minimum atomic E-state index is 0.0476. The van der Waals surface area contributed by atoms with E-state index >= 15 is 0 Å². The molecule has 1 N–H and O–H groups in total. The standard InChI is InChI=1S/C18H15BrO2/c1-12-8-13(11-20)2-7-18(12)21-17-6-4-14-9-16(19)5-3-15(14)10-17/h2-10,20H,11H2,1H3. The van der Waals surface area contributed by atoms with Gasteiger partial charge in [0.25, 0.3) is 0 Å². The van der Waals surface area contributed by atoms with Gasteiger partial charge in [0.2, 0.25) is 0 Å². The summed E-state index contributed by atoms with van der Waals surface area (Å²) in [5.74, 6) is 1.62. The van der Waals surface area contributed by atoms with Gasteiger partial charge in [-0.3, -0.25) is 0 Å². The highest BCUT2D eigenvalue weighted by atomic mass is 79.9. The Balaban J connectivity index is 1.92. The van der Waals surface area contributed by atoms with E-state index < -0.39 is 0 Å². The van der Waals surface area contributed by atoms with E-state index in [1.165, 1.54) is 5.39 Å². The topological polar surface area (TPSA) is 29.5 Å². The van der Waals surface area contributed by atoms with Crippen molar-refractivity contribution >= 4 is 26.7 Å². The number of aryl methyl sites for hydroxylation is 1. The van der Waals surface area contributed by atoms with Crippen LogP contribution in [0.5, 0.6) is 11.5 Å². The van der Waals surface area contributed by atoms with Crippen molar-refractivity contribution in [3.63, 3.8) is 0 Å². The SMILES string of the molecule is Cc1cc(CO)ccc1Oc1ccc2cc(Br)ccc2c1. The lowest BCUT2D eigenvalue weighted by Gasteiger charge is -2.10. The molecule has 0 amide bonds. The van der Waals surface area contributed by atoms with Crippen LogP contribution in [0.15, 0.2) is 59.1 Å². The average Bonchev–Trinajstić information content (AvgIpc) is 2.49. The van der Waals surface area contributed by atoms with Gasteiger partial charge in [-0.25, -0.2) is 0 Å². The summed E-state index contributed by atoms with van der Waals surface area (Å²) in [5.41, 5.74) is 1.90. The molecule has 0 aliphatic heterocycles. The molecule has 3 rings (SSSR count). The van der Waals surface area contributed by atoms with Crippen LogP contribution in [0.4, 0.5) is 0 Å². The number of aliphatic hydroxyl groups excluding tert-OH is 1. The van der Waals surface area contributed by atoms with Crippen molar-refractivity contribution in [2.24, 2.45) is 0 Å². The summed E-state index contributed by atoms with van der Waals surface area (Å²) >= 11 is 3.48. The number of halogens is 1. The summed E-state index contributed by atoms with van der Waals surface area (Å²) < 4.78 is 7.02. The van der Waals surface area contributed by atoms with Crippen molar-refractivity contribution in [3.05, 3.63) is 70.2 Å². The van der Waals surface area contributed by atoms with Crippen LogP contribution in [0.1, 0.15) is 11.1 Å². The van der Waals surface area contributed by atoms with E-state index in [4.69, 9.17) is 9.84 Å². The summed E-state index contributed by atoms with van der Waals surface area (Å²) in [7, 11) is 0. The third-order valence-corrected chi connectivity index (χ3v) is 3.92. The molecule has 3 aromatic rings. The molecule has 0 saturated heterocycles. The fourth-order valence-corrected chi connectivity index (χ4v) is 2.69. The molecule has 2 nitrogen and oxygen atoms in total. The third-order valence-electron chi connectivity index (χ3n) is 3.42. The first-order valence-corrected chi connectivity index (χ1v) is 7.52. The fraction of sp³-hybridized carbons (Fsp3) is 0.111. The molecule has 0 spiro atoms. The number of hydrogen-bond donors (Lipinski definition) is 1. The van der Waals surface area contributed by atoms with Gasteiger partial charge in [-0.15, -0.1) is 0 Å².